The van der Waals surface area contributed by atoms with Crippen LogP contribution in [-0.4, -0.2) is 29.0 Å². The fourth-order valence-corrected chi connectivity index (χ4v) is 2.47. The lowest BCUT2D eigenvalue weighted by molar-refractivity contribution is -0.120. The molecule has 3 rings (SSSR count). The molecule has 0 spiro atoms. The summed E-state index contributed by atoms with van der Waals surface area (Å²) in [7, 11) is 0. The molecule has 0 unspecified atom stereocenters. The number of halogens is 1. The Labute approximate surface area is 144 Å². The fraction of sp³-hybridized carbons (Fsp3) is 0.222. The SMILES string of the molecule is NCCOc1cccc(CC(=O)NCc2nc3ccc(F)cc3[nH]2)c1. The second-order valence-electron chi connectivity index (χ2n) is 5.58. The molecular weight excluding hydrogens is 323 g/mol. The van der Waals surface area contributed by atoms with E-state index in [-0.39, 0.29) is 24.7 Å². The number of carbonyl (C=O) groups is 1. The molecule has 4 N–H and O–H groups in total. The van der Waals surface area contributed by atoms with Crippen molar-refractivity contribution in [1.82, 2.24) is 15.3 Å². The van der Waals surface area contributed by atoms with Crippen molar-refractivity contribution in [2.45, 2.75) is 13.0 Å². The average molecular weight is 342 g/mol. The minimum atomic E-state index is -0.330. The van der Waals surface area contributed by atoms with E-state index in [0.717, 1.165) is 5.56 Å². The summed E-state index contributed by atoms with van der Waals surface area (Å²) in [6.45, 7) is 1.12. The van der Waals surface area contributed by atoms with Crippen LogP contribution in [0.1, 0.15) is 11.4 Å². The van der Waals surface area contributed by atoms with Crippen molar-refractivity contribution >= 4 is 16.9 Å². The van der Waals surface area contributed by atoms with E-state index in [1.165, 1.54) is 12.1 Å². The lowest BCUT2D eigenvalue weighted by atomic mass is 10.1. The van der Waals surface area contributed by atoms with Gasteiger partial charge in [-0.25, -0.2) is 9.37 Å². The van der Waals surface area contributed by atoms with Gasteiger partial charge in [0.25, 0.3) is 0 Å². The second-order valence-corrected chi connectivity index (χ2v) is 5.58. The molecule has 1 amide bonds. The van der Waals surface area contributed by atoms with Crippen LogP contribution in [0.25, 0.3) is 11.0 Å². The molecule has 0 aliphatic rings. The lowest BCUT2D eigenvalue weighted by Crippen LogP contribution is -2.25. The van der Waals surface area contributed by atoms with Crippen molar-refractivity contribution in [3.05, 3.63) is 59.7 Å². The van der Waals surface area contributed by atoms with E-state index in [1.807, 2.05) is 24.3 Å². The molecule has 1 aromatic heterocycles. The zero-order chi connectivity index (χ0) is 17.6. The number of nitrogens with two attached hydrogens (primary N) is 1. The van der Waals surface area contributed by atoms with Gasteiger partial charge in [0.2, 0.25) is 5.91 Å². The van der Waals surface area contributed by atoms with Crippen LogP contribution in [0.4, 0.5) is 4.39 Å². The predicted molar refractivity (Wildman–Crippen MR) is 92.6 cm³/mol. The Morgan fingerprint density at radius 3 is 3.00 bits per heavy atom. The zero-order valence-electron chi connectivity index (χ0n) is 13.6. The van der Waals surface area contributed by atoms with Crippen molar-refractivity contribution < 1.29 is 13.9 Å². The normalized spacial score (nSPS) is 10.8. The maximum atomic E-state index is 13.2. The van der Waals surface area contributed by atoms with Crippen LogP contribution in [0, 0.1) is 5.82 Å². The first kappa shape index (κ1) is 16.9. The molecule has 0 aliphatic heterocycles. The van der Waals surface area contributed by atoms with Gasteiger partial charge in [-0.3, -0.25) is 4.79 Å². The summed E-state index contributed by atoms with van der Waals surface area (Å²) in [6, 6.07) is 11.7. The number of aromatic amines is 1. The maximum absolute atomic E-state index is 13.2. The Hall–Kier alpha value is -2.93. The summed E-state index contributed by atoms with van der Waals surface area (Å²) in [4.78, 5) is 19.4. The number of H-pyrrole nitrogens is 1. The molecule has 0 fully saturated rings. The van der Waals surface area contributed by atoms with Crippen LogP contribution in [0.15, 0.2) is 42.5 Å². The average Bonchev–Trinajstić information content (AvgIpc) is 3.00. The Balaban J connectivity index is 1.56. The molecule has 0 saturated heterocycles. The summed E-state index contributed by atoms with van der Waals surface area (Å²) in [5, 5.41) is 2.80. The molecule has 130 valence electrons. The summed E-state index contributed by atoms with van der Waals surface area (Å²) in [5.74, 6) is 0.801. The van der Waals surface area contributed by atoms with Crippen molar-refractivity contribution in [3.63, 3.8) is 0 Å². The van der Waals surface area contributed by atoms with Gasteiger partial charge >= 0.3 is 0 Å². The first-order chi connectivity index (χ1) is 12.1. The predicted octanol–water partition coefficient (Wildman–Crippen LogP) is 1.90. The Morgan fingerprint density at radius 1 is 1.28 bits per heavy atom. The van der Waals surface area contributed by atoms with E-state index in [9.17, 15) is 9.18 Å². The number of ether oxygens (including phenoxy) is 1. The first-order valence-corrected chi connectivity index (χ1v) is 7.96. The quantitative estimate of drug-likeness (QED) is 0.611. The van der Waals surface area contributed by atoms with Gasteiger partial charge in [-0.1, -0.05) is 12.1 Å². The van der Waals surface area contributed by atoms with Crippen LogP contribution < -0.4 is 15.8 Å². The summed E-state index contributed by atoms with van der Waals surface area (Å²) < 4.78 is 18.6. The minimum absolute atomic E-state index is 0.136. The third-order valence-corrected chi connectivity index (χ3v) is 3.60. The number of imidazole rings is 1. The maximum Gasteiger partial charge on any atom is 0.224 e. The number of amides is 1. The molecule has 6 nitrogen and oxygen atoms in total. The van der Waals surface area contributed by atoms with E-state index < -0.39 is 0 Å². The van der Waals surface area contributed by atoms with Crippen LogP contribution in [0.2, 0.25) is 0 Å². The van der Waals surface area contributed by atoms with E-state index in [2.05, 4.69) is 15.3 Å². The van der Waals surface area contributed by atoms with E-state index in [0.29, 0.717) is 35.8 Å². The Morgan fingerprint density at radius 2 is 2.16 bits per heavy atom. The van der Waals surface area contributed by atoms with E-state index >= 15 is 0 Å². The molecule has 7 heteroatoms. The van der Waals surface area contributed by atoms with Gasteiger partial charge in [-0.15, -0.1) is 0 Å². The molecule has 1 heterocycles. The molecule has 0 aliphatic carbocycles. The van der Waals surface area contributed by atoms with Gasteiger partial charge in [0.05, 0.1) is 24.0 Å². The Bertz CT molecular complexity index is 878. The zero-order valence-corrected chi connectivity index (χ0v) is 13.6. The van der Waals surface area contributed by atoms with Crippen LogP contribution in [-0.2, 0) is 17.8 Å². The largest absolute Gasteiger partial charge is 0.492 e. The summed E-state index contributed by atoms with van der Waals surface area (Å²) >= 11 is 0. The fourth-order valence-electron chi connectivity index (χ4n) is 2.47. The molecule has 0 atom stereocenters. The highest BCUT2D eigenvalue weighted by Gasteiger charge is 2.08. The monoisotopic (exact) mass is 342 g/mol. The van der Waals surface area contributed by atoms with Gasteiger partial charge in [-0.2, -0.15) is 0 Å². The number of nitrogens with one attached hydrogen (secondary N) is 2. The van der Waals surface area contributed by atoms with Gasteiger partial charge in [-0.05, 0) is 35.9 Å². The smallest absolute Gasteiger partial charge is 0.224 e. The van der Waals surface area contributed by atoms with Crippen LogP contribution >= 0.6 is 0 Å². The first-order valence-electron chi connectivity index (χ1n) is 7.96. The standard InChI is InChI=1S/C18H19FN4O2/c19-13-4-5-15-16(10-13)23-17(22-15)11-21-18(24)9-12-2-1-3-14(8-12)25-7-6-20/h1-5,8,10H,6-7,9,11,20H2,(H,21,24)(H,22,23). The van der Waals surface area contributed by atoms with Crippen molar-refractivity contribution in [2.75, 3.05) is 13.2 Å². The van der Waals surface area contributed by atoms with Gasteiger partial charge in [0.1, 0.15) is 24.0 Å². The topological polar surface area (TPSA) is 93.0 Å². The number of hydrogen-bond donors (Lipinski definition) is 3. The number of aromatic nitrogens is 2. The number of fused-ring (bicyclic) bond motifs is 1. The van der Waals surface area contributed by atoms with E-state index in [4.69, 9.17) is 10.5 Å². The van der Waals surface area contributed by atoms with Gasteiger partial charge < -0.3 is 20.8 Å². The molecular formula is C18H19FN4O2. The van der Waals surface area contributed by atoms with Crippen LogP contribution in [0.5, 0.6) is 5.75 Å². The highest BCUT2D eigenvalue weighted by molar-refractivity contribution is 5.79. The highest BCUT2D eigenvalue weighted by atomic mass is 19.1. The minimum Gasteiger partial charge on any atom is -0.492 e. The molecule has 2 aromatic carbocycles. The number of carbonyl (C=O) groups excluding carboxylic acids is 1. The third kappa shape index (κ3) is 4.54. The summed E-state index contributed by atoms with van der Waals surface area (Å²) in [5.41, 5.74) is 7.52. The number of nitrogens with zero attached hydrogens (tertiary/aromatic N) is 1. The van der Waals surface area contributed by atoms with Crippen molar-refractivity contribution in [3.8, 4) is 5.75 Å². The highest BCUT2D eigenvalue weighted by Crippen LogP contribution is 2.14. The number of benzene rings is 2. The molecule has 25 heavy (non-hydrogen) atoms. The van der Waals surface area contributed by atoms with Gasteiger partial charge in [0.15, 0.2) is 0 Å². The van der Waals surface area contributed by atoms with Gasteiger partial charge in [0, 0.05) is 6.54 Å². The second kappa shape index (κ2) is 7.76. The van der Waals surface area contributed by atoms with Crippen LogP contribution in [0.3, 0.4) is 0 Å². The number of hydrogen-bond acceptors (Lipinski definition) is 4. The summed E-state index contributed by atoms with van der Waals surface area (Å²) in [6.07, 6.45) is 0.231. The third-order valence-electron chi connectivity index (χ3n) is 3.60. The molecule has 3 aromatic rings. The van der Waals surface area contributed by atoms with E-state index in [1.54, 1.807) is 6.07 Å². The molecule has 0 radical (unpaired) electrons. The Kier molecular flexibility index (Phi) is 5.25. The van der Waals surface area contributed by atoms with Crippen molar-refractivity contribution in [2.24, 2.45) is 5.73 Å². The molecule has 0 saturated carbocycles. The number of rotatable bonds is 7. The lowest BCUT2D eigenvalue weighted by Gasteiger charge is -2.07. The molecule has 0 bridgehead atoms. The van der Waals surface area contributed by atoms with Crippen molar-refractivity contribution in [1.29, 1.82) is 0 Å².